The Morgan fingerprint density at radius 1 is 1.26 bits per heavy atom. The molecule has 1 saturated heterocycles. The van der Waals surface area contributed by atoms with Gasteiger partial charge in [-0.25, -0.2) is 0 Å². The van der Waals surface area contributed by atoms with E-state index in [1.807, 2.05) is 32.2 Å². The predicted molar refractivity (Wildman–Crippen MR) is 121 cm³/mol. The maximum atomic E-state index is 13.4. The number of nitrogens with one attached hydrogen (secondary N) is 1. The number of aromatic nitrogens is 3. The van der Waals surface area contributed by atoms with E-state index in [1.165, 1.54) is 0 Å². The van der Waals surface area contributed by atoms with Gasteiger partial charge in [-0.05, 0) is 45.6 Å². The molecule has 0 aliphatic carbocycles. The molecule has 1 amide bonds. The second kappa shape index (κ2) is 8.75. The van der Waals surface area contributed by atoms with Crippen LogP contribution < -0.4 is 10.1 Å². The molecule has 1 atom stereocenters. The Hall–Kier alpha value is -2.80. The van der Waals surface area contributed by atoms with Gasteiger partial charge in [0, 0.05) is 48.6 Å². The van der Waals surface area contributed by atoms with Gasteiger partial charge in [-0.15, -0.1) is 5.10 Å². The van der Waals surface area contributed by atoms with Crippen LogP contribution in [0.25, 0.3) is 10.9 Å². The third-order valence-electron chi connectivity index (χ3n) is 6.78. The summed E-state index contributed by atoms with van der Waals surface area (Å²) in [6.07, 6.45) is 2.10. The lowest BCUT2D eigenvalue weighted by Gasteiger charge is -2.30. The highest BCUT2D eigenvalue weighted by molar-refractivity contribution is 6.08. The molecule has 1 aromatic carbocycles. The normalized spacial score (nSPS) is 15.9. The van der Waals surface area contributed by atoms with Crippen LogP contribution in [0.3, 0.4) is 0 Å². The van der Waals surface area contributed by atoms with Crippen LogP contribution in [0.5, 0.6) is 5.88 Å². The highest BCUT2D eigenvalue weighted by Gasteiger charge is 2.28. The number of fused-ring (bicyclic) bond motifs is 1. The lowest BCUT2D eigenvalue weighted by molar-refractivity contribution is 0.0517. The molecule has 1 N–H and O–H groups in total. The summed E-state index contributed by atoms with van der Waals surface area (Å²) >= 11 is 0. The van der Waals surface area contributed by atoms with Crippen LogP contribution in [0.1, 0.15) is 53.1 Å². The van der Waals surface area contributed by atoms with Gasteiger partial charge in [-0.2, -0.15) is 0 Å². The molecule has 4 rings (SSSR count). The van der Waals surface area contributed by atoms with Crippen LogP contribution >= 0.6 is 0 Å². The summed E-state index contributed by atoms with van der Waals surface area (Å²) < 4.78 is 15.1. The first kappa shape index (κ1) is 21.4. The molecule has 0 bridgehead atoms. The minimum absolute atomic E-state index is 0.0723. The summed E-state index contributed by atoms with van der Waals surface area (Å²) in [7, 11) is 3.47. The first-order chi connectivity index (χ1) is 14.9. The van der Waals surface area contributed by atoms with E-state index in [1.54, 1.807) is 11.8 Å². The zero-order chi connectivity index (χ0) is 22.1. The number of hydrogen-bond donors (Lipinski definition) is 1. The molecule has 2 aromatic heterocycles. The molecule has 1 unspecified atom stereocenters. The van der Waals surface area contributed by atoms with Crippen LogP contribution in [0.15, 0.2) is 24.3 Å². The van der Waals surface area contributed by atoms with Crippen molar-refractivity contribution in [3.05, 3.63) is 46.8 Å². The van der Waals surface area contributed by atoms with Crippen molar-refractivity contribution in [3.8, 4) is 5.88 Å². The minimum atomic E-state index is -0.0723. The highest BCUT2D eigenvalue weighted by Crippen LogP contribution is 2.35. The maximum Gasteiger partial charge on any atom is 0.254 e. The van der Waals surface area contributed by atoms with Gasteiger partial charge in [-0.3, -0.25) is 9.48 Å². The van der Waals surface area contributed by atoms with Crippen molar-refractivity contribution in [3.63, 3.8) is 0 Å². The highest BCUT2D eigenvalue weighted by atomic mass is 16.5. The molecular weight excluding hydrogens is 392 g/mol. The molecule has 7 nitrogen and oxygen atoms in total. The Balaban J connectivity index is 1.66. The summed E-state index contributed by atoms with van der Waals surface area (Å²) in [5, 5.41) is 8.45. The second-order valence-corrected chi connectivity index (χ2v) is 8.42. The van der Waals surface area contributed by atoms with E-state index in [0.717, 1.165) is 59.5 Å². The molecule has 1 aliphatic heterocycles. The van der Waals surface area contributed by atoms with Gasteiger partial charge >= 0.3 is 0 Å². The fourth-order valence-corrected chi connectivity index (χ4v) is 4.86. The van der Waals surface area contributed by atoms with E-state index in [9.17, 15) is 4.79 Å². The summed E-state index contributed by atoms with van der Waals surface area (Å²) in [4.78, 5) is 13.4. The molecule has 0 saturated carbocycles. The summed E-state index contributed by atoms with van der Waals surface area (Å²) in [5.74, 6) is 1.02. The number of methoxy groups -OCH3 is 1. The van der Waals surface area contributed by atoms with Crippen molar-refractivity contribution >= 4 is 16.8 Å². The standard InChI is InChI=1S/C24H32N4O3/c1-15(18-10-12-31-13-11-18)28-17(3)22(19-8-6-7-9-21(19)28)23(29)25-14-20-16(2)27(4)26-24(20)30-5/h6-9,15,18H,10-14H2,1-5H3,(H,25,29). The molecule has 3 heterocycles. The molecule has 166 valence electrons. The van der Waals surface area contributed by atoms with Gasteiger partial charge in [0.1, 0.15) is 0 Å². The van der Waals surface area contributed by atoms with Crippen molar-refractivity contribution < 1.29 is 14.3 Å². The van der Waals surface area contributed by atoms with Crippen LogP contribution in [-0.2, 0) is 18.3 Å². The fourth-order valence-electron chi connectivity index (χ4n) is 4.86. The number of benzene rings is 1. The molecule has 0 radical (unpaired) electrons. The van der Waals surface area contributed by atoms with Crippen LogP contribution in [-0.4, -0.2) is 40.6 Å². The smallest absolute Gasteiger partial charge is 0.254 e. The number of nitrogens with zero attached hydrogens (tertiary/aromatic N) is 3. The van der Waals surface area contributed by atoms with Gasteiger partial charge in [0.15, 0.2) is 0 Å². The van der Waals surface area contributed by atoms with Gasteiger partial charge in [0.25, 0.3) is 5.91 Å². The lowest BCUT2D eigenvalue weighted by atomic mass is 9.92. The maximum absolute atomic E-state index is 13.4. The van der Waals surface area contributed by atoms with Crippen LogP contribution in [0, 0.1) is 19.8 Å². The summed E-state index contributed by atoms with van der Waals surface area (Å²) in [6, 6.07) is 8.50. The number of aryl methyl sites for hydroxylation is 1. The number of amides is 1. The van der Waals surface area contributed by atoms with Gasteiger partial charge in [0.2, 0.25) is 5.88 Å². The van der Waals surface area contributed by atoms with E-state index in [-0.39, 0.29) is 5.91 Å². The van der Waals surface area contributed by atoms with Crippen molar-refractivity contribution in [2.45, 2.75) is 46.2 Å². The number of ether oxygens (including phenoxy) is 2. The Labute approximate surface area is 183 Å². The molecule has 31 heavy (non-hydrogen) atoms. The van der Waals surface area contributed by atoms with Crippen molar-refractivity contribution in [2.75, 3.05) is 20.3 Å². The quantitative estimate of drug-likeness (QED) is 0.651. The first-order valence-corrected chi connectivity index (χ1v) is 11.0. The number of rotatable bonds is 6. The SMILES string of the molecule is COc1nn(C)c(C)c1CNC(=O)c1c(C)n(C(C)C2CCOCC2)c2ccccc12. The Morgan fingerprint density at radius 3 is 2.68 bits per heavy atom. The van der Waals surface area contributed by atoms with E-state index >= 15 is 0 Å². The molecule has 1 fully saturated rings. The fraction of sp³-hybridized carbons (Fsp3) is 0.500. The zero-order valence-corrected chi connectivity index (χ0v) is 19.1. The van der Waals surface area contributed by atoms with Crippen molar-refractivity contribution in [1.82, 2.24) is 19.7 Å². The molecular formula is C24H32N4O3. The third kappa shape index (κ3) is 3.83. The van der Waals surface area contributed by atoms with E-state index < -0.39 is 0 Å². The number of hydrogen-bond acceptors (Lipinski definition) is 4. The third-order valence-corrected chi connectivity index (χ3v) is 6.78. The molecule has 1 aliphatic rings. The van der Waals surface area contributed by atoms with E-state index in [2.05, 4.69) is 34.9 Å². The summed E-state index contributed by atoms with van der Waals surface area (Å²) in [5.41, 5.74) is 4.74. The zero-order valence-electron chi connectivity index (χ0n) is 19.1. The average molecular weight is 425 g/mol. The monoisotopic (exact) mass is 424 g/mol. The second-order valence-electron chi connectivity index (χ2n) is 8.42. The number of carbonyl (C=O) groups is 1. The van der Waals surface area contributed by atoms with Gasteiger partial charge < -0.3 is 19.4 Å². The van der Waals surface area contributed by atoms with Gasteiger partial charge in [-0.1, -0.05) is 18.2 Å². The molecule has 0 spiro atoms. The molecule has 7 heteroatoms. The van der Waals surface area contributed by atoms with E-state index in [0.29, 0.717) is 24.4 Å². The lowest BCUT2D eigenvalue weighted by Crippen LogP contribution is -2.26. The summed E-state index contributed by atoms with van der Waals surface area (Å²) in [6.45, 7) is 8.29. The first-order valence-electron chi connectivity index (χ1n) is 11.0. The minimum Gasteiger partial charge on any atom is -0.480 e. The largest absolute Gasteiger partial charge is 0.480 e. The topological polar surface area (TPSA) is 70.3 Å². The van der Waals surface area contributed by atoms with Crippen molar-refractivity contribution in [1.29, 1.82) is 0 Å². The van der Waals surface area contributed by atoms with Crippen LogP contribution in [0.2, 0.25) is 0 Å². The Bertz CT molecular complexity index is 1090. The number of carbonyl (C=O) groups excluding carboxylic acids is 1. The van der Waals surface area contributed by atoms with Crippen LogP contribution in [0.4, 0.5) is 0 Å². The Morgan fingerprint density at radius 2 is 1.97 bits per heavy atom. The molecule has 3 aromatic rings. The Kier molecular flexibility index (Phi) is 6.05. The van der Waals surface area contributed by atoms with Gasteiger partial charge in [0.05, 0.1) is 24.8 Å². The number of para-hydroxylation sites is 1. The average Bonchev–Trinajstić information content (AvgIpc) is 3.24. The van der Waals surface area contributed by atoms with E-state index in [4.69, 9.17) is 9.47 Å². The van der Waals surface area contributed by atoms with Crippen molar-refractivity contribution in [2.24, 2.45) is 13.0 Å². The predicted octanol–water partition coefficient (Wildman–Crippen LogP) is 3.92.